The third kappa shape index (κ3) is 3.26. The molecule has 2 heteroatoms. The summed E-state index contributed by atoms with van der Waals surface area (Å²) in [6.45, 7) is 8.21. The Morgan fingerprint density at radius 2 is 1.92 bits per heavy atom. The molecule has 0 aliphatic carbocycles. The molecule has 1 nitrogen and oxygen atoms in total. The Morgan fingerprint density at radius 1 is 1.23 bits per heavy atom. The van der Waals surface area contributed by atoms with Crippen LogP contribution in [0, 0.1) is 5.92 Å². The number of halogens is 1. The van der Waals surface area contributed by atoms with Crippen molar-refractivity contribution < 1.29 is 4.39 Å². The van der Waals surface area contributed by atoms with E-state index < -0.39 is 6.17 Å². The topological polar surface area (TPSA) is 3.24 Å². The summed E-state index contributed by atoms with van der Waals surface area (Å²) >= 11 is 0. The maximum atomic E-state index is 13.2. The molecule has 1 aliphatic heterocycles. The van der Waals surface area contributed by atoms with Gasteiger partial charge in [0.2, 0.25) is 0 Å². The van der Waals surface area contributed by atoms with E-state index in [0.29, 0.717) is 6.04 Å². The van der Waals surface area contributed by atoms with Crippen LogP contribution in [0.2, 0.25) is 0 Å². The number of alkyl halides is 1. The molecule has 1 rings (SSSR count). The van der Waals surface area contributed by atoms with Gasteiger partial charge in [0.25, 0.3) is 0 Å². The summed E-state index contributed by atoms with van der Waals surface area (Å²) in [5, 5.41) is 0. The van der Waals surface area contributed by atoms with Crippen LogP contribution in [0.1, 0.15) is 40.0 Å². The minimum absolute atomic E-state index is 0.268. The standard InChI is InChI=1S/C11H22FN/c1-9(2)13-7-5-4-6-11(8-13)10(3)12/h9-11H,4-8H2,1-3H3/t10?,11-/m1/s1. The summed E-state index contributed by atoms with van der Waals surface area (Å²) in [5.41, 5.74) is 0. The Hall–Kier alpha value is -0.110. The van der Waals surface area contributed by atoms with Crippen molar-refractivity contribution in [1.29, 1.82) is 0 Å². The SMILES string of the molecule is CC(F)[C@@H]1CCCCN(C(C)C)C1. The Kier molecular flexibility index (Phi) is 4.17. The second-order valence-electron chi connectivity index (χ2n) is 4.52. The fraction of sp³-hybridized carbons (Fsp3) is 1.00. The molecule has 78 valence electrons. The molecule has 1 aliphatic rings. The van der Waals surface area contributed by atoms with Crippen LogP contribution in [0.25, 0.3) is 0 Å². The van der Waals surface area contributed by atoms with E-state index in [4.69, 9.17) is 0 Å². The molecule has 1 fully saturated rings. The summed E-state index contributed by atoms with van der Waals surface area (Å²) in [6.07, 6.45) is 2.86. The number of nitrogens with zero attached hydrogens (tertiary/aromatic N) is 1. The molecule has 1 unspecified atom stereocenters. The molecule has 0 radical (unpaired) electrons. The zero-order chi connectivity index (χ0) is 9.84. The van der Waals surface area contributed by atoms with Crippen molar-refractivity contribution in [2.45, 2.75) is 52.2 Å². The van der Waals surface area contributed by atoms with Crippen molar-refractivity contribution in [3.05, 3.63) is 0 Å². The lowest BCUT2D eigenvalue weighted by atomic mass is 9.99. The zero-order valence-electron chi connectivity index (χ0n) is 9.09. The van der Waals surface area contributed by atoms with E-state index in [-0.39, 0.29) is 5.92 Å². The van der Waals surface area contributed by atoms with E-state index in [0.717, 1.165) is 19.5 Å². The molecular formula is C11H22FN. The maximum absolute atomic E-state index is 13.2. The number of likely N-dealkylation sites (tertiary alicyclic amines) is 1. The summed E-state index contributed by atoms with van der Waals surface area (Å²) in [7, 11) is 0. The predicted molar refractivity (Wildman–Crippen MR) is 54.6 cm³/mol. The first-order valence-corrected chi connectivity index (χ1v) is 5.49. The molecule has 0 bridgehead atoms. The van der Waals surface area contributed by atoms with Gasteiger partial charge in [0, 0.05) is 18.5 Å². The minimum Gasteiger partial charge on any atom is -0.301 e. The lowest BCUT2D eigenvalue weighted by Crippen LogP contribution is -2.36. The van der Waals surface area contributed by atoms with Crippen molar-refractivity contribution in [3.8, 4) is 0 Å². The Morgan fingerprint density at radius 3 is 2.46 bits per heavy atom. The van der Waals surface area contributed by atoms with E-state index in [1.807, 2.05) is 0 Å². The third-order valence-corrected chi connectivity index (χ3v) is 3.12. The lowest BCUT2D eigenvalue weighted by Gasteiger charge is -2.28. The quantitative estimate of drug-likeness (QED) is 0.642. The van der Waals surface area contributed by atoms with Crippen molar-refractivity contribution in [2.75, 3.05) is 13.1 Å². The van der Waals surface area contributed by atoms with Crippen LogP contribution in [-0.2, 0) is 0 Å². The van der Waals surface area contributed by atoms with Crippen LogP contribution >= 0.6 is 0 Å². The van der Waals surface area contributed by atoms with Crippen LogP contribution in [0.4, 0.5) is 4.39 Å². The highest BCUT2D eigenvalue weighted by molar-refractivity contribution is 4.76. The molecule has 0 aromatic rings. The smallest absolute Gasteiger partial charge is 0.101 e. The van der Waals surface area contributed by atoms with Gasteiger partial charge in [0.05, 0.1) is 0 Å². The number of rotatable bonds is 2. The fourth-order valence-electron chi connectivity index (χ4n) is 2.05. The van der Waals surface area contributed by atoms with Crippen LogP contribution in [0.3, 0.4) is 0 Å². The van der Waals surface area contributed by atoms with E-state index in [1.54, 1.807) is 6.92 Å². The van der Waals surface area contributed by atoms with Crippen LogP contribution < -0.4 is 0 Å². The molecule has 13 heavy (non-hydrogen) atoms. The first kappa shape index (κ1) is 11.0. The van der Waals surface area contributed by atoms with E-state index in [9.17, 15) is 4.39 Å². The summed E-state index contributed by atoms with van der Waals surface area (Å²) < 4.78 is 13.2. The molecule has 0 N–H and O–H groups in total. The number of hydrogen-bond donors (Lipinski definition) is 0. The van der Waals surface area contributed by atoms with Crippen molar-refractivity contribution in [2.24, 2.45) is 5.92 Å². The van der Waals surface area contributed by atoms with Gasteiger partial charge < -0.3 is 4.90 Å². The molecule has 2 atom stereocenters. The first-order valence-electron chi connectivity index (χ1n) is 5.49. The predicted octanol–water partition coefficient (Wildman–Crippen LogP) is 2.85. The van der Waals surface area contributed by atoms with Crippen molar-refractivity contribution in [1.82, 2.24) is 4.90 Å². The van der Waals surface area contributed by atoms with Crippen molar-refractivity contribution >= 4 is 0 Å². The Bertz CT molecular complexity index is 129. The highest BCUT2D eigenvalue weighted by Crippen LogP contribution is 2.22. The van der Waals surface area contributed by atoms with Gasteiger partial charge in [-0.2, -0.15) is 0 Å². The number of hydrogen-bond acceptors (Lipinski definition) is 1. The van der Waals surface area contributed by atoms with Gasteiger partial charge in [0.1, 0.15) is 6.17 Å². The Labute approximate surface area is 81.3 Å². The van der Waals surface area contributed by atoms with Crippen LogP contribution in [-0.4, -0.2) is 30.2 Å². The normalized spacial score (nSPS) is 28.8. The summed E-state index contributed by atoms with van der Waals surface area (Å²) in [6, 6.07) is 0.569. The van der Waals surface area contributed by atoms with Crippen LogP contribution in [0.15, 0.2) is 0 Å². The van der Waals surface area contributed by atoms with Gasteiger partial charge in [-0.1, -0.05) is 6.42 Å². The van der Waals surface area contributed by atoms with Crippen molar-refractivity contribution in [3.63, 3.8) is 0 Å². The maximum Gasteiger partial charge on any atom is 0.101 e. The molecule has 0 aromatic carbocycles. The van der Waals surface area contributed by atoms with Gasteiger partial charge >= 0.3 is 0 Å². The molecule has 0 saturated carbocycles. The van der Waals surface area contributed by atoms with Gasteiger partial charge in [-0.15, -0.1) is 0 Å². The molecule has 0 spiro atoms. The third-order valence-electron chi connectivity index (χ3n) is 3.12. The molecule has 0 aromatic heterocycles. The van der Waals surface area contributed by atoms with Gasteiger partial charge in [-0.05, 0) is 40.2 Å². The highest BCUT2D eigenvalue weighted by atomic mass is 19.1. The minimum atomic E-state index is -0.639. The average Bonchev–Trinajstić information content (AvgIpc) is 2.28. The van der Waals surface area contributed by atoms with E-state index >= 15 is 0 Å². The first-order chi connectivity index (χ1) is 6.11. The zero-order valence-corrected chi connectivity index (χ0v) is 9.09. The molecule has 1 heterocycles. The van der Waals surface area contributed by atoms with E-state index in [1.165, 1.54) is 12.8 Å². The second kappa shape index (κ2) is 4.94. The second-order valence-corrected chi connectivity index (χ2v) is 4.52. The fourth-order valence-corrected chi connectivity index (χ4v) is 2.05. The summed E-state index contributed by atoms with van der Waals surface area (Å²) in [5.74, 6) is 0.268. The van der Waals surface area contributed by atoms with E-state index in [2.05, 4.69) is 18.7 Å². The van der Waals surface area contributed by atoms with Crippen LogP contribution in [0.5, 0.6) is 0 Å². The monoisotopic (exact) mass is 187 g/mol. The Balaban J connectivity index is 2.49. The largest absolute Gasteiger partial charge is 0.301 e. The summed E-state index contributed by atoms with van der Waals surface area (Å²) in [4.78, 5) is 2.41. The van der Waals surface area contributed by atoms with Gasteiger partial charge in [-0.3, -0.25) is 0 Å². The lowest BCUT2D eigenvalue weighted by molar-refractivity contribution is 0.152. The highest BCUT2D eigenvalue weighted by Gasteiger charge is 2.23. The van der Waals surface area contributed by atoms with Gasteiger partial charge in [0.15, 0.2) is 0 Å². The van der Waals surface area contributed by atoms with Gasteiger partial charge in [-0.25, -0.2) is 4.39 Å². The molecule has 0 amide bonds. The average molecular weight is 187 g/mol. The molecule has 1 saturated heterocycles. The molecular weight excluding hydrogens is 165 g/mol.